The van der Waals surface area contributed by atoms with Gasteiger partial charge in [-0.15, -0.1) is 9.05 Å². The van der Waals surface area contributed by atoms with Crippen molar-refractivity contribution in [3.63, 3.8) is 0 Å². The molecule has 0 spiro atoms. The number of nitro benzene ring substituents is 2. The lowest BCUT2D eigenvalue weighted by Gasteiger charge is -2.34. The van der Waals surface area contributed by atoms with E-state index in [1.54, 1.807) is 24.3 Å². The molecule has 2 aromatic rings. The Balaban J connectivity index is 2.25. The normalized spacial score (nSPS) is 16.9. The van der Waals surface area contributed by atoms with Crippen molar-refractivity contribution in [3.8, 4) is 0 Å². The van der Waals surface area contributed by atoms with Crippen LogP contribution >= 0.6 is 8.25 Å². The first kappa shape index (κ1) is 29.4. The van der Waals surface area contributed by atoms with Crippen molar-refractivity contribution in [1.82, 2.24) is 0 Å². The van der Waals surface area contributed by atoms with Crippen LogP contribution in [0.15, 0.2) is 48.5 Å². The summed E-state index contributed by atoms with van der Waals surface area (Å²) in [5, 5.41) is 22.0. The third-order valence-electron chi connectivity index (χ3n) is 6.72. The predicted octanol–water partition coefficient (Wildman–Crippen LogP) is 5.58. The lowest BCUT2D eigenvalue weighted by Crippen LogP contribution is -2.49. The molecule has 0 aliphatic carbocycles. The summed E-state index contributed by atoms with van der Waals surface area (Å²) in [4.78, 5) is 21.0. The van der Waals surface area contributed by atoms with Gasteiger partial charge in [-0.1, -0.05) is 52.0 Å². The minimum absolute atomic E-state index is 0.0588. The molecule has 196 valence electrons. The van der Waals surface area contributed by atoms with Gasteiger partial charge in [-0.05, 0) is 36.8 Å². The van der Waals surface area contributed by atoms with Gasteiger partial charge in [0.25, 0.3) is 11.4 Å². The van der Waals surface area contributed by atoms with Gasteiger partial charge >= 0.3 is 8.25 Å². The van der Waals surface area contributed by atoms with Gasteiger partial charge in [0.05, 0.1) is 20.9 Å². The maximum atomic E-state index is 13.1. The van der Waals surface area contributed by atoms with Gasteiger partial charge < -0.3 is 11.5 Å². The molecule has 0 radical (unpaired) electrons. The summed E-state index contributed by atoms with van der Waals surface area (Å²) >= 11 is 0. The zero-order valence-corrected chi connectivity index (χ0v) is 21.9. The molecule has 36 heavy (non-hydrogen) atoms. The van der Waals surface area contributed by atoms with E-state index in [0.29, 0.717) is 36.8 Å². The Morgan fingerprint density at radius 3 is 1.28 bits per heavy atom. The Labute approximate surface area is 211 Å². The number of hydrogen-bond donors (Lipinski definition) is 2. The van der Waals surface area contributed by atoms with E-state index in [1.807, 2.05) is 27.7 Å². The van der Waals surface area contributed by atoms with Crippen LogP contribution in [0.2, 0.25) is 0 Å². The van der Waals surface area contributed by atoms with Crippen molar-refractivity contribution in [3.05, 3.63) is 79.9 Å². The van der Waals surface area contributed by atoms with E-state index in [9.17, 15) is 24.8 Å². The summed E-state index contributed by atoms with van der Waals surface area (Å²) in [6.45, 7) is 7.38. The number of nitrogens with two attached hydrogens (primary N) is 2. The van der Waals surface area contributed by atoms with Crippen LogP contribution in [-0.4, -0.2) is 22.1 Å². The number of benzene rings is 2. The number of nitrogens with zero attached hydrogens (tertiary/aromatic N) is 2. The molecule has 2 rings (SSSR count). The molecule has 0 aliphatic rings. The highest BCUT2D eigenvalue weighted by Gasteiger charge is 2.46. The van der Waals surface area contributed by atoms with Crippen LogP contribution in [0.4, 0.5) is 11.4 Å². The smallest absolute Gasteiger partial charge is 0.319 e. The van der Waals surface area contributed by atoms with Crippen LogP contribution in [0.1, 0.15) is 64.5 Å². The summed E-state index contributed by atoms with van der Waals surface area (Å²) in [5.41, 5.74) is 12.4. The Bertz CT molecular complexity index is 984. The topological polar surface area (TPSA) is 174 Å². The van der Waals surface area contributed by atoms with Crippen molar-refractivity contribution in [2.24, 2.45) is 11.5 Å². The van der Waals surface area contributed by atoms with E-state index < -0.39 is 41.4 Å². The van der Waals surface area contributed by atoms with Crippen molar-refractivity contribution in [2.75, 3.05) is 0 Å². The molecule has 12 heteroatoms. The van der Waals surface area contributed by atoms with Crippen LogP contribution in [0.3, 0.4) is 0 Å². The van der Waals surface area contributed by atoms with E-state index in [2.05, 4.69) is 0 Å². The average molecular weight is 522 g/mol. The molecule has 4 atom stereocenters. The third kappa shape index (κ3) is 6.29. The van der Waals surface area contributed by atoms with Crippen LogP contribution in [-0.2, 0) is 24.7 Å². The first-order valence-corrected chi connectivity index (χ1v) is 12.9. The minimum Gasteiger partial charge on any atom is -0.319 e. The Kier molecular flexibility index (Phi) is 10.2. The second-order valence-corrected chi connectivity index (χ2v) is 9.49. The SMILES string of the molecule is CCC(O[P+](=O)OC(CC)C(N)(CC)c1ccc([N+](=O)[O-])cc1)C(N)(CC)c1ccc([N+](=O)[O-])cc1. The molecule has 0 saturated carbocycles. The van der Waals surface area contributed by atoms with Gasteiger partial charge in [-0.3, -0.25) is 20.2 Å². The maximum Gasteiger partial charge on any atom is 0.698 e. The fourth-order valence-electron chi connectivity index (χ4n) is 4.32. The first-order chi connectivity index (χ1) is 17.0. The summed E-state index contributed by atoms with van der Waals surface area (Å²) < 4.78 is 24.7. The van der Waals surface area contributed by atoms with Crippen molar-refractivity contribution >= 4 is 19.6 Å². The lowest BCUT2D eigenvalue weighted by molar-refractivity contribution is -0.385. The Hall–Kier alpha value is -2.82. The monoisotopic (exact) mass is 521 g/mol. The summed E-state index contributed by atoms with van der Waals surface area (Å²) in [6.07, 6.45) is 0.236. The zero-order valence-electron chi connectivity index (χ0n) is 21.0. The average Bonchev–Trinajstić information content (AvgIpc) is 2.89. The molecule has 11 nitrogen and oxygen atoms in total. The van der Waals surface area contributed by atoms with E-state index in [1.165, 1.54) is 24.3 Å². The Morgan fingerprint density at radius 1 is 0.750 bits per heavy atom. The summed E-state index contributed by atoms with van der Waals surface area (Å²) in [7, 11) is -2.65. The highest BCUT2D eigenvalue weighted by atomic mass is 31.1. The molecule has 2 aromatic carbocycles. The van der Waals surface area contributed by atoms with Crippen LogP contribution in [0.5, 0.6) is 0 Å². The number of rotatable bonds is 14. The highest BCUT2D eigenvalue weighted by molar-refractivity contribution is 7.33. The lowest BCUT2D eigenvalue weighted by atomic mass is 9.82. The van der Waals surface area contributed by atoms with Gasteiger partial charge in [0.2, 0.25) is 0 Å². The van der Waals surface area contributed by atoms with E-state index in [0.717, 1.165) is 0 Å². The van der Waals surface area contributed by atoms with Crippen LogP contribution in [0, 0.1) is 20.2 Å². The molecule has 0 aliphatic heterocycles. The van der Waals surface area contributed by atoms with Gasteiger partial charge in [-0.2, -0.15) is 0 Å². The minimum atomic E-state index is -2.65. The number of hydrogen-bond acceptors (Lipinski definition) is 9. The largest absolute Gasteiger partial charge is 0.698 e. The fraction of sp³-hybridized carbons (Fsp3) is 0.500. The standard InChI is InChI=1S/C24H34N4O7P/c1-5-21(23(25,7-3)17-9-13-19(14-10-17)27(29)30)34-36(33)35-22(6-2)24(26,8-4)18-11-15-20(16-12-18)28(31)32/h9-16,21-22H,5-8,25-26H2,1-4H3/q+1. The maximum absolute atomic E-state index is 13.1. The van der Waals surface area contributed by atoms with Gasteiger partial charge in [0.15, 0.2) is 0 Å². The van der Waals surface area contributed by atoms with Crippen molar-refractivity contribution < 1.29 is 23.5 Å². The molecule has 0 bridgehead atoms. The van der Waals surface area contributed by atoms with E-state index in [-0.39, 0.29) is 11.4 Å². The van der Waals surface area contributed by atoms with Crippen LogP contribution < -0.4 is 11.5 Å². The molecular formula is C24H34N4O7P+. The molecule has 4 N–H and O–H groups in total. The first-order valence-electron chi connectivity index (χ1n) is 11.8. The molecule has 0 heterocycles. The highest BCUT2D eigenvalue weighted by Crippen LogP contribution is 2.42. The number of non-ortho nitro benzene ring substituents is 2. The van der Waals surface area contributed by atoms with Gasteiger partial charge in [-0.25, -0.2) is 0 Å². The molecule has 0 saturated heterocycles. The van der Waals surface area contributed by atoms with Gasteiger partial charge in [0.1, 0.15) is 12.2 Å². The summed E-state index contributed by atoms with van der Waals surface area (Å²) in [5.74, 6) is 0. The summed E-state index contributed by atoms with van der Waals surface area (Å²) in [6, 6.07) is 11.8. The second kappa shape index (κ2) is 12.4. The van der Waals surface area contributed by atoms with Crippen molar-refractivity contribution in [2.45, 2.75) is 76.7 Å². The zero-order chi connectivity index (χ0) is 27.1. The van der Waals surface area contributed by atoms with Crippen molar-refractivity contribution in [1.29, 1.82) is 0 Å². The van der Waals surface area contributed by atoms with E-state index in [4.69, 9.17) is 20.5 Å². The molecule has 0 fully saturated rings. The second-order valence-electron chi connectivity index (χ2n) is 8.62. The molecular weight excluding hydrogens is 487 g/mol. The molecule has 4 unspecified atom stereocenters. The predicted molar refractivity (Wildman–Crippen MR) is 136 cm³/mol. The number of nitro groups is 2. The quantitative estimate of drug-likeness (QED) is 0.183. The molecule has 0 aromatic heterocycles. The third-order valence-corrected chi connectivity index (χ3v) is 7.57. The Morgan fingerprint density at radius 2 is 1.06 bits per heavy atom. The van der Waals surface area contributed by atoms with Crippen LogP contribution in [0.25, 0.3) is 0 Å². The molecule has 0 amide bonds. The van der Waals surface area contributed by atoms with Gasteiger partial charge in [0, 0.05) is 28.8 Å². The fourth-order valence-corrected chi connectivity index (χ4v) is 5.46. The van der Waals surface area contributed by atoms with E-state index >= 15 is 0 Å².